The minimum Gasteiger partial charge on any atom is -0.497 e. The predicted octanol–water partition coefficient (Wildman–Crippen LogP) is 2.97. The van der Waals surface area contributed by atoms with Crippen molar-refractivity contribution in [3.05, 3.63) is 54.4 Å². The van der Waals surface area contributed by atoms with Crippen LogP contribution in [0.15, 0.2) is 53.9 Å². The fraction of sp³-hybridized carbons (Fsp3) is 0.250. The number of carbonyl (C=O) groups excluding carboxylic acids is 1. The second kappa shape index (κ2) is 8.44. The molecule has 0 aliphatic carbocycles. The summed E-state index contributed by atoms with van der Waals surface area (Å²) in [6.45, 7) is 2.16. The molecular weight excluding hydrogens is 392 g/mol. The Hall–Kier alpha value is -3.20. The smallest absolute Gasteiger partial charge is 0.231 e. The van der Waals surface area contributed by atoms with Gasteiger partial charge in [0.05, 0.1) is 24.6 Å². The molecule has 0 unspecified atom stereocenters. The molecule has 0 bridgehead atoms. The highest BCUT2D eigenvalue weighted by atomic mass is 32.2. The third-order valence-corrected chi connectivity index (χ3v) is 5.40. The number of hydrogen-bond acceptors (Lipinski definition) is 7. The number of hydrogen-bond donors (Lipinski definition) is 1. The molecule has 8 nitrogen and oxygen atoms in total. The highest BCUT2D eigenvalue weighted by Crippen LogP contribution is 2.34. The highest BCUT2D eigenvalue weighted by Gasteiger charge is 2.17. The molecule has 0 spiro atoms. The van der Waals surface area contributed by atoms with Crippen LogP contribution in [0.5, 0.6) is 17.2 Å². The summed E-state index contributed by atoms with van der Waals surface area (Å²) >= 11 is 1.32. The Morgan fingerprint density at radius 3 is 3.00 bits per heavy atom. The van der Waals surface area contributed by atoms with Crippen LogP contribution < -0.4 is 19.5 Å². The largest absolute Gasteiger partial charge is 0.497 e. The molecule has 2 heterocycles. The van der Waals surface area contributed by atoms with Gasteiger partial charge in [0, 0.05) is 6.07 Å². The SMILES string of the molecule is COc1cccc(-n2cnnc2SCC(=O)N[C@H](C)c2ccc3c(c2)OCO3)c1. The molecular formula is C20H20N4O4S. The highest BCUT2D eigenvalue weighted by molar-refractivity contribution is 7.99. The minimum absolute atomic E-state index is 0.0969. The average Bonchev–Trinajstić information content (AvgIpc) is 3.40. The van der Waals surface area contributed by atoms with Crippen LogP contribution in [-0.2, 0) is 4.79 Å². The third kappa shape index (κ3) is 4.29. The van der Waals surface area contributed by atoms with E-state index in [1.807, 2.05) is 54.0 Å². The summed E-state index contributed by atoms with van der Waals surface area (Å²) in [6.07, 6.45) is 1.62. The number of benzene rings is 2. The van der Waals surface area contributed by atoms with E-state index in [1.165, 1.54) is 11.8 Å². The maximum absolute atomic E-state index is 12.4. The van der Waals surface area contributed by atoms with E-state index in [1.54, 1.807) is 13.4 Å². The van der Waals surface area contributed by atoms with E-state index in [-0.39, 0.29) is 24.5 Å². The number of amides is 1. The van der Waals surface area contributed by atoms with Gasteiger partial charge in [0.2, 0.25) is 12.7 Å². The number of nitrogens with one attached hydrogen (secondary N) is 1. The summed E-state index contributed by atoms with van der Waals surface area (Å²) in [5.74, 6) is 2.28. The van der Waals surface area contributed by atoms with Crippen molar-refractivity contribution >= 4 is 17.7 Å². The fourth-order valence-corrected chi connectivity index (χ4v) is 3.68. The third-order valence-electron chi connectivity index (χ3n) is 4.45. The summed E-state index contributed by atoms with van der Waals surface area (Å²) in [5.41, 5.74) is 1.82. The number of aromatic nitrogens is 3. The zero-order chi connectivity index (χ0) is 20.2. The van der Waals surface area contributed by atoms with Gasteiger partial charge in [0.25, 0.3) is 0 Å². The molecule has 1 amide bonds. The van der Waals surface area contributed by atoms with Gasteiger partial charge in [0.15, 0.2) is 16.7 Å². The fourth-order valence-electron chi connectivity index (χ4n) is 2.94. The summed E-state index contributed by atoms with van der Waals surface area (Å²) in [6, 6.07) is 13.1. The number of fused-ring (bicyclic) bond motifs is 1. The summed E-state index contributed by atoms with van der Waals surface area (Å²) in [5, 5.41) is 11.7. The number of ether oxygens (including phenoxy) is 3. The molecule has 1 aliphatic rings. The quantitative estimate of drug-likeness (QED) is 0.597. The van der Waals surface area contributed by atoms with Crippen molar-refractivity contribution in [2.75, 3.05) is 19.7 Å². The lowest BCUT2D eigenvalue weighted by atomic mass is 10.1. The number of carbonyl (C=O) groups is 1. The van der Waals surface area contributed by atoms with Crippen LogP contribution in [-0.4, -0.2) is 40.3 Å². The van der Waals surface area contributed by atoms with Crippen LogP contribution in [0, 0.1) is 0 Å². The minimum atomic E-state index is -0.158. The average molecular weight is 412 g/mol. The first-order valence-corrected chi connectivity index (χ1v) is 9.99. The van der Waals surface area contributed by atoms with Gasteiger partial charge in [-0.25, -0.2) is 0 Å². The molecule has 0 fully saturated rings. The maximum atomic E-state index is 12.4. The summed E-state index contributed by atoms with van der Waals surface area (Å²) in [4.78, 5) is 12.4. The molecule has 1 aliphatic heterocycles. The van der Waals surface area contributed by atoms with Crippen molar-refractivity contribution in [2.45, 2.75) is 18.1 Å². The molecule has 29 heavy (non-hydrogen) atoms. The number of methoxy groups -OCH3 is 1. The molecule has 3 aromatic rings. The van der Waals surface area contributed by atoms with Crippen molar-refractivity contribution in [2.24, 2.45) is 0 Å². The second-order valence-electron chi connectivity index (χ2n) is 6.38. The molecule has 0 radical (unpaired) electrons. The van der Waals surface area contributed by atoms with Crippen LogP contribution in [0.25, 0.3) is 5.69 Å². The predicted molar refractivity (Wildman–Crippen MR) is 108 cm³/mol. The zero-order valence-electron chi connectivity index (χ0n) is 16.0. The molecule has 1 N–H and O–H groups in total. The number of nitrogens with zero attached hydrogens (tertiary/aromatic N) is 3. The van der Waals surface area contributed by atoms with E-state index in [2.05, 4.69) is 15.5 Å². The Morgan fingerprint density at radius 2 is 2.14 bits per heavy atom. The van der Waals surface area contributed by atoms with E-state index in [0.29, 0.717) is 10.9 Å². The van der Waals surface area contributed by atoms with Crippen LogP contribution in [0.2, 0.25) is 0 Å². The zero-order valence-corrected chi connectivity index (χ0v) is 16.8. The second-order valence-corrected chi connectivity index (χ2v) is 7.32. The number of rotatable bonds is 7. The molecule has 1 atom stereocenters. The Labute approximate surface area is 172 Å². The maximum Gasteiger partial charge on any atom is 0.231 e. The van der Waals surface area contributed by atoms with Crippen molar-refractivity contribution in [3.63, 3.8) is 0 Å². The first kappa shape index (κ1) is 19.1. The lowest BCUT2D eigenvalue weighted by Gasteiger charge is -2.15. The van der Waals surface area contributed by atoms with Crippen LogP contribution in [0.3, 0.4) is 0 Å². The van der Waals surface area contributed by atoms with Gasteiger partial charge in [0.1, 0.15) is 12.1 Å². The lowest BCUT2D eigenvalue weighted by Crippen LogP contribution is -2.28. The lowest BCUT2D eigenvalue weighted by molar-refractivity contribution is -0.119. The topological polar surface area (TPSA) is 87.5 Å². The van der Waals surface area contributed by atoms with E-state index in [0.717, 1.165) is 22.7 Å². The summed E-state index contributed by atoms with van der Waals surface area (Å²) < 4.78 is 17.8. The Kier molecular flexibility index (Phi) is 5.57. The van der Waals surface area contributed by atoms with Gasteiger partial charge in [-0.2, -0.15) is 0 Å². The van der Waals surface area contributed by atoms with Crippen LogP contribution in [0.4, 0.5) is 0 Å². The van der Waals surface area contributed by atoms with Gasteiger partial charge >= 0.3 is 0 Å². The Balaban J connectivity index is 1.37. The van der Waals surface area contributed by atoms with Crippen molar-refractivity contribution in [1.82, 2.24) is 20.1 Å². The molecule has 0 saturated heterocycles. The van der Waals surface area contributed by atoms with Crippen LogP contribution >= 0.6 is 11.8 Å². The molecule has 1 aromatic heterocycles. The van der Waals surface area contributed by atoms with Gasteiger partial charge in [-0.15, -0.1) is 10.2 Å². The molecule has 4 rings (SSSR count). The molecule has 0 saturated carbocycles. The monoisotopic (exact) mass is 412 g/mol. The normalized spacial score (nSPS) is 13.2. The number of thioether (sulfide) groups is 1. The molecule has 2 aromatic carbocycles. The Morgan fingerprint density at radius 1 is 1.28 bits per heavy atom. The van der Waals surface area contributed by atoms with Crippen molar-refractivity contribution in [3.8, 4) is 22.9 Å². The van der Waals surface area contributed by atoms with Crippen molar-refractivity contribution < 1.29 is 19.0 Å². The Bertz CT molecular complexity index is 1020. The van der Waals surface area contributed by atoms with E-state index < -0.39 is 0 Å². The van der Waals surface area contributed by atoms with Gasteiger partial charge in [-0.1, -0.05) is 23.9 Å². The van der Waals surface area contributed by atoms with Gasteiger partial charge in [-0.3, -0.25) is 9.36 Å². The van der Waals surface area contributed by atoms with Crippen molar-refractivity contribution in [1.29, 1.82) is 0 Å². The molecule has 9 heteroatoms. The first-order chi connectivity index (χ1) is 14.1. The summed E-state index contributed by atoms with van der Waals surface area (Å²) in [7, 11) is 1.62. The van der Waals surface area contributed by atoms with E-state index in [4.69, 9.17) is 14.2 Å². The molecule has 150 valence electrons. The van der Waals surface area contributed by atoms with E-state index >= 15 is 0 Å². The standard InChI is InChI=1S/C20H20N4O4S/c1-13(14-6-7-17-18(8-14)28-12-27-17)22-19(25)10-29-20-23-21-11-24(20)15-4-3-5-16(9-15)26-2/h3-9,11,13H,10,12H2,1-2H3,(H,22,25)/t13-/m1/s1. The first-order valence-electron chi connectivity index (χ1n) is 9.00. The van der Waals surface area contributed by atoms with E-state index in [9.17, 15) is 4.79 Å². The van der Waals surface area contributed by atoms with Gasteiger partial charge < -0.3 is 19.5 Å². The van der Waals surface area contributed by atoms with Gasteiger partial charge in [-0.05, 0) is 36.8 Å². The van der Waals surface area contributed by atoms with Crippen LogP contribution in [0.1, 0.15) is 18.5 Å².